The van der Waals surface area contributed by atoms with Crippen LogP contribution in [0.4, 0.5) is 0 Å². The third-order valence-electron chi connectivity index (χ3n) is 2.84. The monoisotopic (exact) mass is 263 g/mol. The Morgan fingerprint density at radius 1 is 1.11 bits per heavy atom. The summed E-state index contributed by atoms with van der Waals surface area (Å²) in [5, 5.41) is 0. The molecule has 18 heavy (non-hydrogen) atoms. The molecule has 0 atom stereocenters. The van der Waals surface area contributed by atoms with Gasteiger partial charge in [0.05, 0.1) is 14.2 Å². The molecule has 1 aromatic heterocycles. The molecule has 0 fully saturated rings. The van der Waals surface area contributed by atoms with E-state index in [0.29, 0.717) is 6.54 Å². The predicted octanol–water partition coefficient (Wildman–Crippen LogP) is 3.20. The summed E-state index contributed by atoms with van der Waals surface area (Å²) in [6.07, 6.45) is 0. The summed E-state index contributed by atoms with van der Waals surface area (Å²) in [5.41, 5.74) is 8.00. The normalized spacial score (nSPS) is 10.4. The van der Waals surface area contributed by atoms with Gasteiger partial charge in [0.2, 0.25) is 0 Å². The highest BCUT2D eigenvalue weighted by Gasteiger charge is 2.12. The van der Waals surface area contributed by atoms with Crippen LogP contribution in [0, 0.1) is 6.92 Å². The minimum atomic E-state index is 0.479. The van der Waals surface area contributed by atoms with Gasteiger partial charge in [-0.2, -0.15) is 0 Å². The second kappa shape index (κ2) is 5.42. The van der Waals surface area contributed by atoms with E-state index < -0.39 is 0 Å². The predicted molar refractivity (Wildman–Crippen MR) is 75.5 cm³/mol. The Bertz CT molecular complexity index is 549. The Hall–Kier alpha value is -1.52. The van der Waals surface area contributed by atoms with E-state index in [2.05, 4.69) is 19.1 Å². The van der Waals surface area contributed by atoms with Crippen LogP contribution in [0.25, 0.3) is 10.4 Å². The average molecular weight is 263 g/mol. The maximum absolute atomic E-state index is 5.82. The summed E-state index contributed by atoms with van der Waals surface area (Å²) in [6.45, 7) is 2.57. The molecule has 0 aliphatic heterocycles. The summed E-state index contributed by atoms with van der Waals surface area (Å²) >= 11 is 1.75. The van der Waals surface area contributed by atoms with E-state index >= 15 is 0 Å². The Morgan fingerprint density at radius 2 is 1.78 bits per heavy atom. The molecule has 4 heteroatoms. The molecule has 2 aromatic rings. The fourth-order valence-corrected chi connectivity index (χ4v) is 2.82. The summed E-state index contributed by atoms with van der Waals surface area (Å²) in [5.74, 6) is 1.45. The van der Waals surface area contributed by atoms with Crippen LogP contribution in [0.5, 0.6) is 11.5 Å². The van der Waals surface area contributed by atoms with Gasteiger partial charge in [-0.15, -0.1) is 11.3 Å². The Kier molecular flexibility index (Phi) is 3.89. The first-order chi connectivity index (χ1) is 8.69. The first-order valence-corrected chi connectivity index (χ1v) is 6.53. The SMILES string of the molecule is COc1cc(CN)c(-c2ccc(C)s2)cc1OC. The molecule has 3 nitrogen and oxygen atoms in total. The van der Waals surface area contributed by atoms with Crippen molar-refractivity contribution in [1.82, 2.24) is 0 Å². The zero-order valence-corrected chi connectivity index (χ0v) is 11.6. The van der Waals surface area contributed by atoms with Crippen LogP contribution >= 0.6 is 11.3 Å². The van der Waals surface area contributed by atoms with Gasteiger partial charge in [-0.05, 0) is 36.8 Å². The van der Waals surface area contributed by atoms with E-state index in [4.69, 9.17) is 15.2 Å². The summed E-state index contributed by atoms with van der Waals surface area (Å²) in [7, 11) is 3.27. The average Bonchev–Trinajstić information content (AvgIpc) is 2.83. The first-order valence-electron chi connectivity index (χ1n) is 5.71. The number of thiophene rings is 1. The molecule has 0 aliphatic carbocycles. The lowest BCUT2D eigenvalue weighted by atomic mass is 10.0. The molecular formula is C14H17NO2S. The minimum absolute atomic E-state index is 0.479. The van der Waals surface area contributed by atoms with Crippen LogP contribution in [-0.4, -0.2) is 14.2 Å². The highest BCUT2D eigenvalue weighted by Crippen LogP contribution is 2.38. The van der Waals surface area contributed by atoms with Gasteiger partial charge in [-0.25, -0.2) is 0 Å². The van der Waals surface area contributed by atoms with Crippen molar-refractivity contribution in [2.45, 2.75) is 13.5 Å². The third kappa shape index (κ3) is 2.35. The molecule has 0 amide bonds. The van der Waals surface area contributed by atoms with E-state index in [1.165, 1.54) is 9.75 Å². The zero-order valence-electron chi connectivity index (χ0n) is 10.8. The maximum Gasteiger partial charge on any atom is 0.161 e. The van der Waals surface area contributed by atoms with E-state index in [0.717, 1.165) is 22.6 Å². The number of ether oxygens (including phenoxy) is 2. The maximum atomic E-state index is 5.82. The Morgan fingerprint density at radius 3 is 2.28 bits per heavy atom. The van der Waals surface area contributed by atoms with Crippen molar-refractivity contribution in [2.24, 2.45) is 5.73 Å². The van der Waals surface area contributed by atoms with E-state index in [-0.39, 0.29) is 0 Å². The number of nitrogens with two attached hydrogens (primary N) is 1. The standard InChI is InChI=1S/C14H17NO2S/c1-9-4-5-14(18-9)11-7-13(17-3)12(16-2)6-10(11)8-15/h4-7H,8,15H2,1-3H3. The fraction of sp³-hybridized carbons (Fsp3) is 0.286. The molecule has 1 heterocycles. The summed E-state index contributed by atoms with van der Waals surface area (Å²) < 4.78 is 10.6. The van der Waals surface area contributed by atoms with Crippen LogP contribution in [0.15, 0.2) is 24.3 Å². The summed E-state index contributed by atoms with van der Waals surface area (Å²) in [4.78, 5) is 2.48. The number of aryl methyl sites for hydroxylation is 1. The van der Waals surface area contributed by atoms with Crippen molar-refractivity contribution in [2.75, 3.05) is 14.2 Å². The first kappa shape index (κ1) is 12.9. The molecule has 96 valence electrons. The molecule has 0 radical (unpaired) electrons. The Balaban J connectivity index is 2.58. The van der Waals surface area contributed by atoms with Crippen molar-refractivity contribution >= 4 is 11.3 Å². The zero-order chi connectivity index (χ0) is 13.1. The van der Waals surface area contributed by atoms with Crippen LogP contribution in [0.1, 0.15) is 10.4 Å². The second-order valence-electron chi connectivity index (χ2n) is 3.98. The molecule has 2 rings (SSSR count). The lowest BCUT2D eigenvalue weighted by molar-refractivity contribution is 0.354. The van der Waals surface area contributed by atoms with E-state index in [1.54, 1.807) is 25.6 Å². The van der Waals surface area contributed by atoms with Crippen LogP contribution in [0.3, 0.4) is 0 Å². The summed E-state index contributed by atoms with van der Waals surface area (Å²) in [6, 6.07) is 8.16. The molecule has 0 bridgehead atoms. The van der Waals surface area contributed by atoms with Gasteiger partial charge in [0.25, 0.3) is 0 Å². The highest BCUT2D eigenvalue weighted by molar-refractivity contribution is 7.15. The largest absolute Gasteiger partial charge is 0.493 e. The van der Waals surface area contributed by atoms with E-state index in [1.807, 2.05) is 12.1 Å². The number of benzene rings is 1. The third-order valence-corrected chi connectivity index (χ3v) is 3.87. The molecule has 1 aromatic carbocycles. The molecule has 0 aliphatic rings. The molecule has 0 saturated heterocycles. The molecule has 0 unspecified atom stereocenters. The van der Waals surface area contributed by atoms with Gasteiger partial charge >= 0.3 is 0 Å². The van der Waals surface area contributed by atoms with Crippen LogP contribution < -0.4 is 15.2 Å². The lowest BCUT2D eigenvalue weighted by Gasteiger charge is -2.13. The smallest absolute Gasteiger partial charge is 0.161 e. The van der Waals surface area contributed by atoms with Crippen molar-refractivity contribution in [3.8, 4) is 21.9 Å². The minimum Gasteiger partial charge on any atom is -0.493 e. The Labute approximate surface area is 111 Å². The van der Waals surface area contributed by atoms with Gasteiger partial charge in [0.15, 0.2) is 11.5 Å². The molecule has 2 N–H and O–H groups in total. The quantitative estimate of drug-likeness (QED) is 0.921. The molecule has 0 spiro atoms. The van der Waals surface area contributed by atoms with Gasteiger partial charge in [-0.1, -0.05) is 0 Å². The topological polar surface area (TPSA) is 44.5 Å². The number of rotatable bonds is 4. The van der Waals surface area contributed by atoms with E-state index in [9.17, 15) is 0 Å². The number of methoxy groups -OCH3 is 2. The van der Waals surface area contributed by atoms with Crippen molar-refractivity contribution in [3.63, 3.8) is 0 Å². The molecule has 0 saturated carbocycles. The van der Waals surface area contributed by atoms with Crippen molar-refractivity contribution in [3.05, 3.63) is 34.7 Å². The molecular weight excluding hydrogens is 246 g/mol. The fourth-order valence-electron chi connectivity index (χ4n) is 1.90. The number of hydrogen-bond acceptors (Lipinski definition) is 4. The van der Waals surface area contributed by atoms with Gasteiger partial charge in [0, 0.05) is 21.9 Å². The lowest BCUT2D eigenvalue weighted by Crippen LogP contribution is -2.01. The van der Waals surface area contributed by atoms with Crippen molar-refractivity contribution in [1.29, 1.82) is 0 Å². The van der Waals surface area contributed by atoms with Gasteiger partial charge in [0.1, 0.15) is 0 Å². The van der Waals surface area contributed by atoms with Gasteiger partial charge in [-0.3, -0.25) is 0 Å². The second-order valence-corrected chi connectivity index (χ2v) is 5.27. The van der Waals surface area contributed by atoms with Crippen LogP contribution in [0.2, 0.25) is 0 Å². The highest BCUT2D eigenvalue weighted by atomic mass is 32.1. The number of hydrogen-bond donors (Lipinski definition) is 1. The van der Waals surface area contributed by atoms with Crippen LogP contribution in [-0.2, 0) is 6.54 Å². The van der Waals surface area contributed by atoms with Crippen molar-refractivity contribution < 1.29 is 9.47 Å². The van der Waals surface area contributed by atoms with Gasteiger partial charge < -0.3 is 15.2 Å².